The van der Waals surface area contributed by atoms with Crippen LogP contribution in [0.3, 0.4) is 0 Å². The lowest BCUT2D eigenvalue weighted by Gasteiger charge is -2.34. The Hall–Kier alpha value is -1.50. The third-order valence-corrected chi connectivity index (χ3v) is 3.62. The molecule has 2 aliphatic rings. The van der Waals surface area contributed by atoms with E-state index in [1.54, 1.807) is 0 Å². The first-order valence-electron chi connectivity index (χ1n) is 6.44. The molecule has 1 aliphatic carbocycles. The van der Waals surface area contributed by atoms with Crippen molar-refractivity contribution >= 4 is 0 Å². The van der Waals surface area contributed by atoms with Crippen molar-refractivity contribution in [3.8, 4) is 5.75 Å². The zero-order valence-electron chi connectivity index (χ0n) is 10.4. The summed E-state index contributed by atoms with van der Waals surface area (Å²) >= 11 is 0. The van der Waals surface area contributed by atoms with Crippen molar-refractivity contribution in [3.05, 3.63) is 53.3 Å². The first-order chi connectivity index (χ1) is 8.27. The highest BCUT2D eigenvalue weighted by Crippen LogP contribution is 2.46. The smallest absolute Gasteiger partial charge is 0.131 e. The molecule has 0 N–H and O–H groups in total. The molecule has 1 aliphatic heterocycles. The second-order valence-electron chi connectivity index (χ2n) is 5.17. The van der Waals surface area contributed by atoms with Crippen molar-refractivity contribution in [2.45, 2.75) is 32.6 Å². The number of ether oxygens (including phenoxy) is 1. The summed E-state index contributed by atoms with van der Waals surface area (Å²) in [6, 6.07) is 8.44. The van der Waals surface area contributed by atoms with Crippen LogP contribution in [0, 0.1) is 5.92 Å². The van der Waals surface area contributed by atoms with E-state index < -0.39 is 0 Å². The predicted octanol–water partition coefficient (Wildman–Crippen LogP) is 4.42. The van der Waals surface area contributed by atoms with Gasteiger partial charge in [-0.2, -0.15) is 0 Å². The lowest BCUT2D eigenvalue weighted by Crippen LogP contribution is -2.21. The summed E-state index contributed by atoms with van der Waals surface area (Å²) in [5, 5.41) is 0. The van der Waals surface area contributed by atoms with Crippen LogP contribution in [-0.4, -0.2) is 0 Å². The first-order valence-corrected chi connectivity index (χ1v) is 6.44. The van der Waals surface area contributed by atoms with E-state index >= 15 is 0 Å². The molecule has 0 saturated carbocycles. The Morgan fingerprint density at radius 3 is 2.71 bits per heavy atom. The lowest BCUT2D eigenvalue weighted by atomic mass is 9.78. The molecule has 0 aromatic heterocycles. The van der Waals surface area contributed by atoms with Crippen molar-refractivity contribution in [2.24, 2.45) is 5.92 Å². The van der Waals surface area contributed by atoms with E-state index in [0.717, 1.165) is 24.4 Å². The minimum absolute atomic E-state index is 0.492. The lowest BCUT2D eigenvalue weighted by molar-refractivity contribution is 0.371. The fraction of sp³-hybridized carbons (Fsp3) is 0.375. The third-order valence-electron chi connectivity index (χ3n) is 3.62. The molecule has 1 heteroatoms. The monoisotopic (exact) mass is 226 g/mol. The van der Waals surface area contributed by atoms with Crippen LogP contribution in [0.5, 0.6) is 5.75 Å². The van der Waals surface area contributed by atoms with Gasteiger partial charge in [-0.25, -0.2) is 0 Å². The molecule has 1 unspecified atom stereocenters. The first kappa shape index (κ1) is 10.6. The number of fused-ring (bicyclic) bond motifs is 2. The van der Waals surface area contributed by atoms with Gasteiger partial charge in [-0.05, 0) is 36.5 Å². The van der Waals surface area contributed by atoms with Crippen molar-refractivity contribution in [1.29, 1.82) is 0 Å². The predicted molar refractivity (Wildman–Crippen MR) is 70.0 cm³/mol. The SMILES string of the molecule is CC(C)C1C2=CCCC=C2Oc2ccccc21. The highest BCUT2D eigenvalue weighted by molar-refractivity contribution is 5.52. The normalized spacial score (nSPS) is 22.2. The molecule has 0 spiro atoms. The molecule has 0 radical (unpaired) electrons. The summed E-state index contributed by atoms with van der Waals surface area (Å²) in [4.78, 5) is 0. The second-order valence-corrected chi connectivity index (χ2v) is 5.17. The summed E-state index contributed by atoms with van der Waals surface area (Å²) in [5.41, 5.74) is 2.73. The summed E-state index contributed by atoms with van der Waals surface area (Å²) in [5.74, 6) is 3.23. The van der Waals surface area contributed by atoms with Gasteiger partial charge in [0.2, 0.25) is 0 Å². The quantitative estimate of drug-likeness (QED) is 0.688. The van der Waals surface area contributed by atoms with E-state index in [4.69, 9.17) is 4.74 Å². The maximum Gasteiger partial charge on any atom is 0.131 e. The van der Waals surface area contributed by atoms with Crippen LogP contribution in [0.2, 0.25) is 0 Å². The van der Waals surface area contributed by atoms with E-state index in [0.29, 0.717) is 11.8 Å². The van der Waals surface area contributed by atoms with Crippen LogP contribution in [-0.2, 0) is 0 Å². The largest absolute Gasteiger partial charge is 0.457 e. The van der Waals surface area contributed by atoms with E-state index in [1.807, 2.05) is 6.07 Å². The highest BCUT2D eigenvalue weighted by Gasteiger charge is 2.32. The third kappa shape index (κ3) is 1.70. The Bertz CT molecular complexity index is 494. The molecule has 17 heavy (non-hydrogen) atoms. The molecule has 0 fully saturated rings. The Kier molecular flexibility index (Phi) is 2.54. The molecule has 1 heterocycles. The summed E-state index contributed by atoms with van der Waals surface area (Å²) < 4.78 is 6.01. The van der Waals surface area contributed by atoms with Crippen LogP contribution in [0.4, 0.5) is 0 Å². The molecular weight excluding hydrogens is 208 g/mol. The van der Waals surface area contributed by atoms with Crippen LogP contribution < -0.4 is 4.74 Å². The number of para-hydroxylation sites is 1. The Morgan fingerprint density at radius 2 is 1.88 bits per heavy atom. The Labute approximate surface area is 103 Å². The van der Waals surface area contributed by atoms with Gasteiger partial charge in [0.25, 0.3) is 0 Å². The molecule has 1 aromatic rings. The van der Waals surface area contributed by atoms with Gasteiger partial charge in [-0.3, -0.25) is 0 Å². The minimum Gasteiger partial charge on any atom is -0.457 e. The van der Waals surface area contributed by atoms with Crippen LogP contribution in [0.25, 0.3) is 0 Å². The van der Waals surface area contributed by atoms with Crippen molar-refractivity contribution in [2.75, 3.05) is 0 Å². The van der Waals surface area contributed by atoms with Gasteiger partial charge in [0, 0.05) is 11.5 Å². The Balaban J connectivity index is 2.16. The maximum atomic E-state index is 6.01. The van der Waals surface area contributed by atoms with Gasteiger partial charge in [0.1, 0.15) is 11.5 Å². The topological polar surface area (TPSA) is 9.23 Å². The number of allylic oxidation sites excluding steroid dienone is 3. The van der Waals surface area contributed by atoms with Gasteiger partial charge >= 0.3 is 0 Å². The average molecular weight is 226 g/mol. The summed E-state index contributed by atoms with van der Waals surface area (Å²) in [6.45, 7) is 4.58. The number of benzene rings is 1. The molecule has 0 bridgehead atoms. The van der Waals surface area contributed by atoms with Crippen LogP contribution in [0.1, 0.15) is 38.2 Å². The fourth-order valence-corrected chi connectivity index (χ4v) is 2.89. The molecule has 88 valence electrons. The molecule has 0 saturated heterocycles. The van der Waals surface area contributed by atoms with Crippen molar-refractivity contribution < 1.29 is 4.74 Å². The van der Waals surface area contributed by atoms with E-state index in [-0.39, 0.29) is 0 Å². The molecule has 1 nitrogen and oxygen atoms in total. The van der Waals surface area contributed by atoms with Crippen molar-refractivity contribution in [1.82, 2.24) is 0 Å². The molecular formula is C16H18O. The Morgan fingerprint density at radius 1 is 1.12 bits per heavy atom. The maximum absolute atomic E-state index is 6.01. The molecule has 3 rings (SSSR count). The molecule has 0 amide bonds. The number of hydrogen-bond donors (Lipinski definition) is 0. The van der Waals surface area contributed by atoms with Gasteiger partial charge in [0.15, 0.2) is 0 Å². The van der Waals surface area contributed by atoms with E-state index in [2.05, 4.69) is 44.2 Å². The summed E-state index contributed by atoms with van der Waals surface area (Å²) in [7, 11) is 0. The fourth-order valence-electron chi connectivity index (χ4n) is 2.89. The van der Waals surface area contributed by atoms with Gasteiger partial charge < -0.3 is 4.74 Å². The zero-order chi connectivity index (χ0) is 11.8. The second kappa shape index (κ2) is 4.06. The average Bonchev–Trinajstić information content (AvgIpc) is 2.35. The van der Waals surface area contributed by atoms with Gasteiger partial charge in [-0.15, -0.1) is 0 Å². The van der Waals surface area contributed by atoms with Crippen LogP contribution >= 0.6 is 0 Å². The highest BCUT2D eigenvalue weighted by atomic mass is 16.5. The number of rotatable bonds is 1. The van der Waals surface area contributed by atoms with E-state index in [9.17, 15) is 0 Å². The van der Waals surface area contributed by atoms with Crippen molar-refractivity contribution in [3.63, 3.8) is 0 Å². The number of hydrogen-bond acceptors (Lipinski definition) is 1. The van der Waals surface area contributed by atoms with Crippen LogP contribution in [0.15, 0.2) is 47.7 Å². The summed E-state index contributed by atoms with van der Waals surface area (Å²) in [6.07, 6.45) is 6.84. The minimum atomic E-state index is 0.492. The van der Waals surface area contributed by atoms with Gasteiger partial charge in [0.05, 0.1) is 0 Å². The molecule has 1 aromatic carbocycles. The van der Waals surface area contributed by atoms with Gasteiger partial charge in [-0.1, -0.05) is 38.1 Å². The molecule has 1 atom stereocenters. The zero-order valence-corrected chi connectivity index (χ0v) is 10.4. The standard InChI is InChI=1S/C16H18O/c1-11(2)16-12-7-3-5-9-14(12)17-15-10-6-4-8-13(15)16/h3,5,7-11,16H,4,6H2,1-2H3. The van der Waals surface area contributed by atoms with E-state index in [1.165, 1.54) is 11.1 Å².